The molecule has 3 heteroatoms. The van der Waals surface area contributed by atoms with Gasteiger partial charge in [0, 0.05) is 6.32 Å². The summed E-state index contributed by atoms with van der Waals surface area (Å²) < 4.78 is 5.26. The largest absolute Gasteiger partial charge is 0.458 e. The second kappa shape index (κ2) is 4.57. The van der Waals surface area contributed by atoms with Gasteiger partial charge in [-0.15, -0.1) is 0 Å². The lowest BCUT2D eigenvalue weighted by Crippen LogP contribution is -2.27. The summed E-state index contributed by atoms with van der Waals surface area (Å²) in [5, 5.41) is 9.11. The highest BCUT2D eigenvalue weighted by molar-refractivity contribution is 6.43. The molecule has 0 amide bonds. The van der Waals surface area contributed by atoms with Crippen LogP contribution in [0.1, 0.15) is 26.2 Å². The van der Waals surface area contributed by atoms with Gasteiger partial charge in [-0.05, 0) is 6.42 Å². The number of hydrogen-bond donors (Lipinski definition) is 1. The number of rotatable bonds is 3. The Bertz CT molecular complexity index is 136. The zero-order chi connectivity index (χ0) is 8.10. The topological polar surface area (TPSA) is 29.5 Å². The predicted molar refractivity (Wildman–Crippen MR) is 46.3 cm³/mol. The van der Waals surface area contributed by atoms with Crippen molar-refractivity contribution in [2.45, 2.75) is 38.6 Å². The van der Waals surface area contributed by atoms with E-state index in [9.17, 15) is 0 Å². The minimum absolute atomic E-state index is 0.152. The quantitative estimate of drug-likeness (QED) is 0.494. The Kier molecular flexibility index (Phi) is 3.67. The standard InChI is InChI=1S/C8H15BO2/c1-2-3-5-8-6-4-7-9(10)11-8/h4,6,8,10H,2-3,5,7H2,1H3. The fourth-order valence-electron chi connectivity index (χ4n) is 1.22. The summed E-state index contributed by atoms with van der Waals surface area (Å²) in [6, 6.07) is 0. The van der Waals surface area contributed by atoms with Crippen LogP contribution in [-0.2, 0) is 4.65 Å². The average molecular weight is 154 g/mol. The summed E-state index contributed by atoms with van der Waals surface area (Å²) in [6.45, 7) is 2.16. The summed E-state index contributed by atoms with van der Waals surface area (Å²) in [7, 11) is -0.568. The molecule has 0 aromatic carbocycles. The van der Waals surface area contributed by atoms with Gasteiger partial charge in [0.15, 0.2) is 0 Å². The van der Waals surface area contributed by atoms with E-state index in [0.717, 1.165) is 6.42 Å². The van der Waals surface area contributed by atoms with Gasteiger partial charge in [0.25, 0.3) is 0 Å². The van der Waals surface area contributed by atoms with Crippen LogP contribution in [0.25, 0.3) is 0 Å². The van der Waals surface area contributed by atoms with E-state index in [2.05, 4.69) is 6.92 Å². The Labute approximate surface area is 68.4 Å². The Balaban J connectivity index is 2.23. The van der Waals surface area contributed by atoms with E-state index >= 15 is 0 Å². The molecule has 0 radical (unpaired) electrons. The molecule has 0 aromatic heterocycles. The van der Waals surface area contributed by atoms with Crippen LogP contribution >= 0.6 is 0 Å². The van der Waals surface area contributed by atoms with E-state index in [1.54, 1.807) is 0 Å². The molecule has 0 bridgehead atoms. The van der Waals surface area contributed by atoms with Gasteiger partial charge in [0.2, 0.25) is 0 Å². The van der Waals surface area contributed by atoms with E-state index in [1.165, 1.54) is 12.8 Å². The second-order valence-electron chi connectivity index (χ2n) is 2.94. The molecule has 62 valence electrons. The molecular formula is C8H15BO2. The van der Waals surface area contributed by atoms with Crippen molar-refractivity contribution >= 4 is 7.12 Å². The monoisotopic (exact) mass is 154 g/mol. The molecular weight excluding hydrogens is 139 g/mol. The van der Waals surface area contributed by atoms with Gasteiger partial charge in [0.1, 0.15) is 0 Å². The Morgan fingerprint density at radius 1 is 1.73 bits per heavy atom. The third-order valence-corrected chi connectivity index (χ3v) is 1.86. The first-order chi connectivity index (χ1) is 5.33. The molecule has 1 aliphatic rings. The SMILES string of the molecule is CCCCC1C=CCB(O)O1. The molecule has 0 saturated carbocycles. The van der Waals surface area contributed by atoms with Crippen molar-refractivity contribution in [3.05, 3.63) is 12.2 Å². The van der Waals surface area contributed by atoms with Crippen molar-refractivity contribution in [2.75, 3.05) is 0 Å². The zero-order valence-electron chi connectivity index (χ0n) is 6.99. The van der Waals surface area contributed by atoms with Gasteiger partial charge in [-0.1, -0.05) is 31.9 Å². The first-order valence-electron chi connectivity index (χ1n) is 4.33. The summed E-state index contributed by atoms with van der Waals surface area (Å²) in [4.78, 5) is 0. The van der Waals surface area contributed by atoms with Gasteiger partial charge in [0.05, 0.1) is 6.10 Å². The molecule has 11 heavy (non-hydrogen) atoms. The highest BCUT2D eigenvalue weighted by Crippen LogP contribution is 2.13. The minimum Gasteiger partial charge on any atom is -0.427 e. The first kappa shape index (κ1) is 8.82. The lowest BCUT2D eigenvalue weighted by atomic mass is 9.82. The lowest BCUT2D eigenvalue weighted by Gasteiger charge is -2.19. The second-order valence-corrected chi connectivity index (χ2v) is 2.94. The summed E-state index contributed by atoms with van der Waals surface area (Å²) in [6.07, 6.45) is 8.22. The van der Waals surface area contributed by atoms with E-state index in [4.69, 9.17) is 9.68 Å². The van der Waals surface area contributed by atoms with E-state index in [-0.39, 0.29) is 6.10 Å². The highest BCUT2D eigenvalue weighted by atomic mass is 16.5. The molecule has 1 heterocycles. The number of unbranched alkanes of at least 4 members (excludes halogenated alkanes) is 1. The Morgan fingerprint density at radius 2 is 2.55 bits per heavy atom. The normalized spacial score (nSPS) is 24.2. The fourth-order valence-corrected chi connectivity index (χ4v) is 1.22. The predicted octanol–water partition coefficient (Wildman–Crippen LogP) is 1.61. The molecule has 0 spiro atoms. The number of hydrogen-bond acceptors (Lipinski definition) is 2. The Hall–Kier alpha value is -0.275. The van der Waals surface area contributed by atoms with Crippen molar-refractivity contribution in [3.63, 3.8) is 0 Å². The average Bonchev–Trinajstić information content (AvgIpc) is 2.01. The molecule has 0 aliphatic carbocycles. The van der Waals surface area contributed by atoms with E-state index in [1.807, 2.05) is 12.2 Å². The van der Waals surface area contributed by atoms with Crippen molar-refractivity contribution in [2.24, 2.45) is 0 Å². The first-order valence-corrected chi connectivity index (χ1v) is 4.33. The molecule has 0 fully saturated rings. The molecule has 0 saturated heterocycles. The summed E-state index contributed by atoms with van der Waals surface area (Å²) in [5.41, 5.74) is 0. The van der Waals surface area contributed by atoms with Gasteiger partial charge < -0.3 is 9.68 Å². The maximum absolute atomic E-state index is 9.11. The summed E-state index contributed by atoms with van der Waals surface area (Å²) >= 11 is 0. The maximum Gasteiger partial charge on any atom is 0.458 e. The van der Waals surface area contributed by atoms with Crippen LogP contribution < -0.4 is 0 Å². The van der Waals surface area contributed by atoms with Crippen LogP contribution in [0.5, 0.6) is 0 Å². The van der Waals surface area contributed by atoms with Crippen molar-refractivity contribution in [3.8, 4) is 0 Å². The Morgan fingerprint density at radius 3 is 3.18 bits per heavy atom. The number of allylic oxidation sites excluding steroid dienone is 1. The summed E-state index contributed by atoms with van der Waals surface area (Å²) in [5.74, 6) is 0. The molecule has 0 aromatic rings. The van der Waals surface area contributed by atoms with Crippen LogP contribution in [-0.4, -0.2) is 18.2 Å². The lowest BCUT2D eigenvalue weighted by molar-refractivity contribution is 0.189. The van der Waals surface area contributed by atoms with E-state index < -0.39 is 7.12 Å². The smallest absolute Gasteiger partial charge is 0.427 e. The van der Waals surface area contributed by atoms with Crippen LogP contribution in [0, 0.1) is 0 Å². The minimum atomic E-state index is -0.568. The highest BCUT2D eigenvalue weighted by Gasteiger charge is 2.19. The third kappa shape index (κ3) is 3.08. The molecule has 1 aliphatic heterocycles. The zero-order valence-corrected chi connectivity index (χ0v) is 6.99. The molecule has 1 unspecified atom stereocenters. The van der Waals surface area contributed by atoms with E-state index in [0.29, 0.717) is 6.32 Å². The van der Waals surface area contributed by atoms with Gasteiger partial charge >= 0.3 is 7.12 Å². The maximum atomic E-state index is 9.11. The van der Waals surface area contributed by atoms with Crippen molar-refractivity contribution < 1.29 is 9.68 Å². The van der Waals surface area contributed by atoms with Crippen LogP contribution in [0.2, 0.25) is 6.32 Å². The van der Waals surface area contributed by atoms with Crippen LogP contribution in [0.4, 0.5) is 0 Å². The fraction of sp³-hybridized carbons (Fsp3) is 0.750. The van der Waals surface area contributed by atoms with Crippen LogP contribution in [0.15, 0.2) is 12.2 Å². The third-order valence-electron chi connectivity index (χ3n) is 1.86. The molecule has 2 nitrogen and oxygen atoms in total. The molecule has 1 atom stereocenters. The van der Waals surface area contributed by atoms with Crippen LogP contribution in [0.3, 0.4) is 0 Å². The molecule has 1 N–H and O–H groups in total. The van der Waals surface area contributed by atoms with Gasteiger partial charge in [-0.3, -0.25) is 0 Å². The van der Waals surface area contributed by atoms with Crippen molar-refractivity contribution in [1.82, 2.24) is 0 Å². The molecule has 1 rings (SSSR count). The van der Waals surface area contributed by atoms with Crippen molar-refractivity contribution in [1.29, 1.82) is 0 Å². The van der Waals surface area contributed by atoms with Gasteiger partial charge in [-0.25, -0.2) is 0 Å². The van der Waals surface area contributed by atoms with Gasteiger partial charge in [-0.2, -0.15) is 0 Å².